The number of carbonyl (C=O) groups is 2. The van der Waals surface area contributed by atoms with Crippen LogP contribution in [0.5, 0.6) is 17.2 Å². The first-order valence-corrected chi connectivity index (χ1v) is 16.5. The van der Waals surface area contributed by atoms with Crippen molar-refractivity contribution in [3.63, 3.8) is 0 Å². The van der Waals surface area contributed by atoms with Crippen LogP contribution in [0.15, 0.2) is 109 Å². The van der Waals surface area contributed by atoms with Gasteiger partial charge in [0.05, 0.1) is 36.3 Å². The van der Waals surface area contributed by atoms with E-state index in [1.165, 1.54) is 0 Å². The normalized spacial score (nSPS) is 17.3. The highest BCUT2D eigenvalue weighted by molar-refractivity contribution is 6.14. The second kappa shape index (κ2) is 13.6. The largest absolute Gasteiger partial charge is 0.497 e. The molecule has 1 aromatic heterocycles. The number of nitrogens with zero attached hydrogens (tertiary/aromatic N) is 5. The summed E-state index contributed by atoms with van der Waals surface area (Å²) in [7, 11) is 1.55. The number of benzene rings is 4. The van der Waals surface area contributed by atoms with Crippen molar-refractivity contribution in [2.45, 2.75) is 38.5 Å². The van der Waals surface area contributed by atoms with Crippen LogP contribution in [-0.4, -0.2) is 50.7 Å². The fourth-order valence-electron chi connectivity index (χ4n) is 6.53. The summed E-state index contributed by atoms with van der Waals surface area (Å²) in [5, 5.41) is 29.4. The molecule has 2 amide bonds. The molecule has 0 radical (unpaired) electrons. The molecule has 0 fully saturated rings. The van der Waals surface area contributed by atoms with Crippen molar-refractivity contribution in [3.05, 3.63) is 132 Å². The zero-order valence-corrected chi connectivity index (χ0v) is 27.8. The number of anilines is 3. The smallest absolute Gasteiger partial charge is 0.266 e. The molecule has 2 aliphatic rings. The second-order valence-electron chi connectivity index (χ2n) is 12.4. The van der Waals surface area contributed by atoms with E-state index in [1.807, 2.05) is 79.7 Å². The van der Waals surface area contributed by atoms with E-state index < -0.39 is 17.4 Å². The van der Waals surface area contributed by atoms with Crippen LogP contribution >= 0.6 is 0 Å². The number of hydrogen-bond acceptors (Lipinski definition) is 8. The molecule has 254 valence electrons. The number of methoxy groups -OCH3 is 1. The minimum atomic E-state index is -1.82. The Morgan fingerprint density at radius 2 is 1.72 bits per heavy atom. The quantitative estimate of drug-likeness (QED) is 0.166. The summed E-state index contributed by atoms with van der Waals surface area (Å²) in [4.78, 5) is 31.3. The number of amides is 2. The summed E-state index contributed by atoms with van der Waals surface area (Å²) in [6.45, 7) is 2.60. The van der Waals surface area contributed by atoms with Crippen LogP contribution in [0.4, 0.5) is 17.1 Å². The summed E-state index contributed by atoms with van der Waals surface area (Å²) < 4.78 is 13.3. The number of ether oxygens (including phenoxy) is 2. The molecular weight excluding hydrogens is 634 g/mol. The standard InChI is InChI=1S/C39H37N5O6/c1-26(9-7-8-21-42-25-28(20-22-45)40-41-42)39(48)32-23-30(49-2)18-19-33(32)43(38(39)47)24-27-14-16-29(17-15-27)44-34-11-4-6-13-36(34)50-35-12-5-3-10-31(35)37(44)46/h3-7,9-19,23,25-26,45,48H,8,20-22,24H2,1-2H3/b9-7+/t26-,39+/m0/s1. The maximum absolute atomic E-state index is 14.2. The Morgan fingerprint density at radius 1 is 0.960 bits per heavy atom. The van der Waals surface area contributed by atoms with Gasteiger partial charge in [0, 0.05) is 42.9 Å². The van der Waals surface area contributed by atoms with Crippen molar-refractivity contribution in [1.29, 1.82) is 0 Å². The van der Waals surface area contributed by atoms with Crippen LogP contribution in [0.1, 0.15) is 40.5 Å². The predicted molar refractivity (Wildman–Crippen MR) is 188 cm³/mol. The lowest BCUT2D eigenvalue weighted by atomic mass is 9.83. The Labute approximate surface area is 289 Å². The highest BCUT2D eigenvalue weighted by Gasteiger charge is 2.52. The first kappa shape index (κ1) is 32.8. The summed E-state index contributed by atoms with van der Waals surface area (Å²) in [5.41, 5.74) is 2.52. The molecule has 0 unspecified atom stereocenters. The number of allylic oxidation sites excluding steroid dienone is 1. The Balaban J connectivity index is 1.13. The Kier molecular flexibility index (Phi) is 8.92. The highest BCUT2D eigenvalue weighted by atomic mass is 16.5. The number of aliphatic hydroxyl groups excluding tert-OH is 1. The fourth-order valence-corrected chi connectivity index (χ4v) is 6.53. The third-order valence-corrected chi connectivity index (χ3v) is 9.22. The predicted octanol–water partition coefficient (Wildman–Crippen LogP) is 5.92. The van der Waals surface area contributed by atoms with Gasteiger partial charge in [0.1, 0.15) is 11.5 Å². The average molecular weight is 672 g/mol. The van der Waals surface area contributed by atoms with Gasteiger partial charge < -0.3 is 24.6 Å². The van der Waals surface area contributed by atoms with Gasteiger partial charge in [0.15, 0.2) is 11.4 Å². The van der Waals surface area contributed by atoms with Gasteiger partial charge in [0.2, 0.25) is 0 Å². The fraction of sp³-hybridized carbons (Fsp3) is 0.231. The lowest BCUT2D eigenvalue weighted by Crippen LogP contribution is -2.44. The summed E-state index contributed by atoms with van der Waals surface area (Å²) in [5.74, 6) is 0.389. The van der Waals surface area contributed by atoms with E-state index in [9.17, 15) is 14.7 Å². The van der Waals surface area contributed by atoms with Crippen molar-refractivity contribution in [3.8, 4) is 17.2 Å². The van der Waals surface area contributed by atoms with Crippen molar-refractivity contribution in [2.75, 3.05) is 23.5 Å². The maximum Gasteiger partial charge on any atom is 0.266 e. The molecule has 0 aliphatic carbocycles. The first-order valence-electron chi connectivity index (χ1n) is 16.5. The Hall–Kier alpha value is -5.78. The highest BCUT2D eigenvalue weighted by Crippen LogP contribution is 2.47. The van der Waals surface area contributed by atoms with E-state index >= 15 is 0 Å². The van der Waals surface area contributed by atoms with E-state index in [2.05, 4.69) is 10.3 Å². The van der Waals surface area contributed by atoms with Crippen molar-refractivity contribution < 1.29 is 29.3 Å². The van der Waals surface area contributed by atoms with Crippen LogP contribution in [0, 0.1) is 5.92 Å². The van der Waals surface area contributed by atoms with Gasteiger partial charge >= 0.3 is 0 Å². The number of aromatic nitrogens is 3. The van der Waals surface area contributed by atoms with Gasteiger partial charge in [0.25, 0.3) is 11.8 Å². The van der Waals surface area contributed by atoms with Crippen LogP contribution in [-0.2, 0) is 29.9 Å². The lowest BCUT2D eigenvalue weighted by Gasteiger charge is -2.28. The molecule has 0 bridgehead atoms. The topological polar surface area (TPSA) is 130 Å². The van der Waals surface area contributed by atoms with E-state index in [0.29, 0.717) is 64.8 Å². The third kappa shape index (κ3) is 5.90. The monoisotopic (exact) mass is 671 g/mol. The van der Waals surface area contributed by atoms with Gasteiger partial charge in [-0.15, -0.1) is 5.10 Å². The van der Waals surface area contributed by atoms with E-state index in [-0.39, 0.29) is 19.1 Å². The molecule has 2 atom stereocenters. The van der Waals surface area contributed by atoms with Gasteiger partial charge in [-0.3, -0.25) is 19.2 Å². The van der Waals surface area contributed by atoms with E-state index in [4.69, 9.17) is 14.6 Å². The molecule has 50 heavy (non-hydrogen) atoms. The minimum absolute atomic E-state index is 0.0111. The maximum atomic E-state index is 14.2. The van der Waals surface area contributed by atoms with Crippen LogP contribution in [0.2, 0.25) is 0 Å². The second-order valence-corrected chi connectivity index (χ2v) is 12.4. The molecule has 2 aliphatic heterocycles. The van der Waals surface area contributed by atoms with Gasteiger partial charge in [-0.05, 0) is 66.6 Å². The van der Waals surface area contributed by atoms with Gasteiger partial charge in [-0.25, -0.2) is 0 Å². The number of rotatable bonds is 11. The molecular formula is C39H37N5O6. The Morgan fingerprint density at radius 3 is 2.50 bits per heavy atom. The number of carbonyl (C=O) groups excluding carboxylic acids is 2. The first-order chi connectivity index (χ1) is 24.3. The van der Waals surface area contributed by atoms with Gasteiger partial charge in [-0.2, -0.15) is 0 Å². The number of aryl methyl sites for hydroxylation is 1. The molecule has 0 spiro atoms. The SMILES string of the molecule is COc1ccc2c(c1)[C@](O)([C@@H](C)/C=C/CCn1cc(CCO)nn1)C(=O)N2Cc1ccc(N2C(=O)c3ccccc3Oc3ccccc32)cc1. The van der Waals surface area contributed by atoms with Crippen LogP contribution < -0.4 is 19.3 Å². The van der Waals surface area contributed by atoms with Crippen LogP contribution in [0.25, 0.3) is 0 Å². The summed E-state index contributed by atoms with van der Waals surface area (Å²) in [6.07, 6.45) is 6.63. The van der Waals surface area contributed by atoms with Crippen molar-refractivity contribution in [1.82, 2.24) is 15.0 Å². The number of para-hydroxylation sites is 3. The van der Waals surface area contributed by atoms with E-state index in [0.717, 1.165) is 11.3 Å². The average Bonchev–Trinajstić information content (AvgIpc) is 3.63. The number of hydrogen-bond donors (Lipinski definition) is 2. The molecule has 7 rings (SSSR count). The number of aliphatic hydroxyl groups is 2. The van der Waals surface area contributed by atoms with E-state index in [1.54, 1.807) is 58.1 Å². The molecule has 0 saturated carbocycles. The van der Waals surface area contributed by atoms with Crippen molar-refractivity contribution in [2.24, 2.45) is 5.92 Å². The zero-order valence-electron chi connectivity index (χ0n) is 27.8. The third-order valence-electron chi connectivity index (χ3n) is 9.22. The molecule has 11 nitrogen and oxygen atoms in total. The summed E-state index contributed by atoms with van der Waals surface area (Å²) >= 11 is 0. The minimum Gasteiger partial charge on any atom is -0.497 e. The molecule has 3 heterocycles. The molecule has 0 saturated heterocycles. The number of fused-ring (bicyclic) bond motifs is 3. The van der Waals surface area contributed by atoms with Gasteiger partial charge in [-0.1, -0.05) is 60.7 Å². The lowest BCUT2D eigenvalue weighted by molar-refractivity contribution is -0.139. The molecule has 2 N–H and O–H groups in total. The summed E-state index contributed by atoms with van der Waals surface area (Å²) in [6, 6.07) is 27.4. The zero-order chi connectivity index (χ0) is 34.8. The van der Waals surface area contributed by atoms with Crippen LogP contribution in [0.3, 0.4) is 0 Å². The van der Waals surface area contributed by atoms with Crippen molar-refractivity contribution >= 4 is 28.9 Å². The molecule has 11 heteroatoms. The molecule has 4 aromatic carbocycles. The Bertz CT molecular complexity index is 2080. The molecule has 5 aromatic rings.